The number of hydrogen-bond acceptors (Lipinski definition) is 6. The van der Waals surface area contributed by atoms with Gasteiger partial charge in [-0.3, -0.25) is 14.6 Å². The van der Waals surface area contributed by atoms with Gasteiger partial charge in [-0.05, 0) is 19.0 Å². The molecule has 2 aromatic rings. The lowest BCUT2D eigenvalue weighted by Crippen LogP contribution is -2.39. The molecule has 0 aliphatic carbocycles. The summed E-state index contributed by atoms with van der Waals surface area (Å²) in [4.78, 5) is 20.6. The Kier molecular flexibility index (Phi) is 4.92. The minimum atomic E-state index is -0.378. The van der Waals surface area contributed by atoms with Crippen molar-refractivity contribution in [1.29, 1.82) is 0 Å². The number of carbonyl (C=O) groups is 1. The van der Waals surface area contributed by atoms with E-state index in [2.05, 4.69) is 19.9 Å². The SMILES string of the molecule is Cc1nc(CN(C)[C@H]2CCN([C@@H](C(N)=O)c3ccccc3)C2)no1. The van der Waals surface area contributed by atoms with Crippen LogP contribution < -0.4 is 5.73 Å². The lowest BCUT2D eigenvalue weighted by atomic mass is 10.1. The summed E-state index contributed by atoms with van der Waals surface area (Å²) < 4.78 is 5.02. The van der Waals surface area contributed by atoms with Crippen LogP contribution in [-0.4, -0.2) is 52.0 Å². The van der Waals surface area contributed by atoms with Gasteiger partial charge in [-0.2, -0.15) is 4.98 Å². The molecular weight excluding hydrogens is 306 g/mol. The van der Waals surface area contributed by atoms with Gasteiger partial charge >= 0.3 is 0 Å². The third kappa shape index (κ3) is 3.63. The maximum absolute atomic E-state index is 12.0. The highest BCUT2D eigenvalue weighted by Crippen LogP contribution is 2.27. The van der Waals surface area contributed by atoms with Gasteiger partial charge in [0.2, 0.25) is 11.8 Å². The second-order valence-electron chi connectivity index (χ2n) is 6.30. The van der Waals surface area contributed by atoms with E-state index in [1.54, 1.807) is 6.92 Å². The molecule has 7 nitrogen and oxygen atoms in total. The second kappa shape index (κ2) is 7.11. The molecule has 7 heteroatoms. The summed E-state index contributed by atoms with van der Waals surface area (Å²) >= 11 is 0. The smallest absolute Gasteiger partial charge is 0.239 e. The maximum Gasteiger partial charge on any atom is 0.239 e. The van der Waals surface area contributed by atoms with Crippen LogP contribution >= 0.6 is 0 Å². The zero-order valence-electron chi connectivity index (χ0n) is 14.1. The van der Waals surface area contributed by atoms with Crippen molar-refractivity contribution < 1.29 is 9.32 Å². The molecule has 2 heterocycles. The van der Waals surface area contributed by atoms with E-state index < -0.39 is 0 Å². The number of primary amides is 1. The summed E-state index contributed by atoms with van der Waals surface area (Å²) in [5.41, 5.74) is 6.62. The van der Waals surface area contributed by atoms with Gasteiger partial charge in [0.25, 0.3) is 0 Å². The topological polar surface area (TPSA) is 88.5 Å². The first-order chi connectivity index (χ1) is 11.5. The Bertz CT molecular complexity index is 687. The average molecular weight is 329 g/mol. The highest BCUT2D eigenvalue weighted by molar-refractivity contribution is 5.81. The number of nitrogens with two attached hydrogens (primary N) is 1. The molecular formula is C17H23N5O2. The Morgan fingerprint density at radius 3 is 2.83 bits per heavy atom. The maximum atomic E-state index is 12.0. The molecule has 1 aromatic heterocycles. The van der Waals surface area contributed by atoms with E-state index in [9.17, 15) is 4.79 Å². The number of benzene rings is 1. The standard InChI is InChI=1S/C17H23N5O2/c1-12-19-15(20-24-12)11-21(2)14-8-9-22(10-14)16(17(18)23)13-6-4-3-5-7-13/h3-7,14,16H,8-11H2,1-2H3,(H2,18,23)/t14-,16+/m0/s1. The zero-order valence-corrected chi connectivity index (χ0v) is 14.1. The van der Waals surface area contributed by atoms with Crippen LogP contribution in [0.25, 0.3) is 0 Å². The number of aromatic nitrogens is 2. The van der Waals surface area contributed by atoms with Crippen LogP contribution in [0.1, 0.15) is 29.7 Å². The van der Waals surface area contributed by atoms with Crippen molar-refractivity contribution in [2.75, 3.05) is 20.1 Å². The number of rotatable bonds is 6. The Labute approximate surface area is 141 Å². The summed E-state index contributed by atoms with van der Waals surface area (Å²) in [6.45, 7) is 4.03. The minimum Gasteiger partial charge on any atom is -0.368 e. The lowest BCUT2D eigenvalue weighted by Gasteiger charge is -2.27. The van der Waals surface area contributed by atoms with Gasteiger partial charge in [-0.25, -0.2) is 0 Å². The molecule has 1 saturated heterocycles. The Hall–Kier alpha value is -2.25. The molecule has 128 valence electrons. The van der Waals surface area contributed by atoms with Crippen molar-refractivity contribution in [1.82, 2.24) is 19.9 Å². The van der Waals surface area contributed by atoms with Crippen molar-refractivity contribution in [2.45, 2.75) is 32.0 Å². The van der Waals surface area contributed by atoms with E-state index in [1.165, 1.54) is 0 Å². The van der Waals surface area contributed by atoms with E-state index in [-0.39, 0.29) is 11.9 Å². The number of amides is 1. The molecule has 2 N–H and O–H groups in total. The predicted molar refractivity (Wildman–Crippen MR) is 88.9 cm³/mol. The Balaban J connectivity index is 1.66. The van der Waals surface area contributed by atoms with Crippen LogP contribution in [0.2, 0.25) is 0 Å². The first-order valence-electron chi connectivity index (χ1n) is 8.12. The van der Waals surface area contributed by atoms with Crippen molar-refractivity contribution >= 4 is 5.91 Å². The highest BCUT2D eigenvalue weighted by atomic mass is 16.5. The van der Waals surface area contributed by atoms with Gasteiger partial charge in [-0.15, -0.1) is 0 Å². The number of aryl methyl sites for hydroxylation is 1. The van der Waals surface area contributed by atoms with Crippen molar-refractivity contribution in [3.8, 4) is 0 Å². The van der Waals surface area contributed by atoms with Gasteiger partial charge in [0.05, 0.1) is 6.54 Å². The third-order valence-corrected chi connectivity index (χ3v) is 4.53. The molecule has 1 amide bonds. The predicted octanol–water partition coefficient (Wildman–Crippen LogP) is 1.11. The molecule has 2 atom stereocenters. The fourth-order valence-electron chi connectivity index (χ4n) is 3.31. The molecule has 0 unspecified atom stereocenters. The molecule has 0 radical (unpaired) electrons. The van der Waals surface area contributed by atoms with E-state index in [1.807, 2.05) is 37.4 Å². The number of nitrogens with zero attached hydrogens (tertiary/aromatic N) is 4. The molecule has 1 aromatic carbocycles. The molecule has 24 heavy (non-hydrogen) atoms. The number of hydrogen-bond donors (Lipinski definition) is 1. The van der Waals surface area contributed by atoms with E-state index in [4.69, 9.17) is 10.3 Å². The number of carbonyl (C=O) groups excluding carboxylic acids is 1. The van der Waals surface area contributed by atoms with Crippen LogP contribution in [0.3, 0.4) is 0 Å². The van der Waals surface area contributed by atoms with Crippen LogP contribution in [0.4, 0.5) is 0 Å². The van der Waals surface area contributed by atoms with Gasteiger partial charge in [0.1, 0.15) is 6.04 Å². The second-order valence-corrected chi connectivity index (χ2v) is 6.30. The zero-order chi connectivity index (χ0) is 17.1. The van der Waals surface area contributed by atoms with Gasteiger partial charge < -0.3 is 10.3 Å². The first kappa shape index (κ1) is 16.6. The van der Waals surface area contributed by atoms with Gasteiger partial charge in [-0.1, -0.05) is 35.5 Å². The summed E-state index contributed by atoms with van der Waals surface area (Å²) in [7, 11) is 2.04. The van der Waals surface area contributed by atoms with Crippen molar-refractivity contribution in [3.05, 3.63) is 47.6 Å². The highest BCUT2D eigenvalue weighted by Gasteiger charge is 2.34. The fourth-order valence-corrected chi connectivity index (χ4v) is 3.31. The Morgan fingerprint density at radius 2 is 2.21 bits per heavy atom. The average Bonchev–Trinajstić information content (AvgIpc) is 3.18. The quantitative estimate of drug-likeness (QED) is 0.854. The number of likely N-dealkylation sites (tertiary alicyclic amines) is 1. The van der Waals surface area contributed by atoms with Crippen LogP contribution in [0, 0.1) is 6.92 Å². The Morgan fingerprint density at radius 1 is 1.46 bits per heavy atom. The third-order valence-electron chi connectivity index (χ3n) is 4.53. The van der Waals surface area contributed by atoms with E-state index >= 15 is 0 Å². The van der Waals surface area contributed by atoms with E-state index in [0.717, 1.165) is 25.1 Å². The summed E-state index contributed by atoms with van der Waals surface area (Å²) in [5.74, 6) is 0.950. The summed E-state index contributed by atoms with van der Waals surface area (Å²) in [6.07, 6.45) is 0.976. The molecule has 3 rings (SSSR count). The first-order valence-corrected chi connectivity index (χ1v) is 8.12. The van der Waals surface area contributed by atoms with E-state index in [0.29, 0.717) is 24.3 Å². The van der Waals surface area contributed by atoms with Crippen LogP contribution in [0.15, 0.2) is 34.9 Å². The summed E-state index contributed by atoms with van der Waals surface area (Å²) in [5, 5.41) is 3.94. The van der Waals surface area contributed by atoms with Crippen molar-refractivity contribution in [3.63, 3.8) is 0 Å². The molecule has 1 aliphatic rings. The monoisotopic (exact) mass is 329 g/mol. The molecule has 0 spiro atoms. The van der Waals surface area contributed by atoms with Crippen LogP contribution in [-0.2, 0) is 11.3 Å². The molecule has 0 bridgehead atoms. The summed E-state index contributed by atoms with van der Waals surface area (Å²) in [6, 6.07) is 9.66. The molecule has 0 saturated carbocycles. The van der Waals surface area contributed by atoms with Gasteiger partial charge in [0.15, 0.2) is 5.82 Å². The molecule has 1 fully saturated rings. The van der Waals surface area contributed by atoms with Gasteiger partial charge in [0, 0.05) is 26.1 Å². The molecule has 1 aliphatic heterocycles. The number of likely N-dealkylation sites (N-methyl/N-ethyl adjacent to an activating group) is 1. The fraction of sp³-hybridized carbons (Fsp3) is 0.471. The largest absolute Gasteiger partial charge is 0.368 e. The van der Waals surface area contributed by atoms with Crippen LogP contribution in [0.5, 0.6) is 0 Å². The minimum absolute atomic E-state index is 0.307. The lowest BCUT2D eigenvalue weighted by molar-refractivity contribution is -0.123. The normalized spacial score (nSPS) is 19.7. The van der Waals surface area contributed by atoms with Crippen molar-refractivity contribution in [2.24, 2.45) is 5.73 Å².